The maximum atomic E-state index is 9.81. The van der Waals surface area contributed by atoms with Gasteiger partial charge in [0.1, 0.15) is 0 Å². The van der Waals surface area contributed by atoms with Crippen LogP contribution in [0, 0.1) is 0 Å². The number of para-hydroxylation sites is 4. The number of nitrogens with zero attached hydrogens (tertiary/aromatic N) is 3. The first-order chi connectivity index (χ1) is 49.1. The van der Waals surface area contributed by atoms with Crippen LogP contribution in [0.25, 0.3) is 83.1 Å². The van der Waals surface area contributed by atoms with Crippen LogP contribution in [0.5, 0.6) is 0 Å². The molecule has 0 unspecified atom stereocenters. The Hall–Kier alpha value is -9.90. The zero-order chi connectivity index (χ0) is 73.9. The summed E-state index contributed by atoms with van der Waals surface area (Å²) < 4.78 is 77.0. The van der Waals surface area contributed by atoms with Gasteiger partial charge in [-0.1, -0.05) is 322 Å². The molecule has 474 valence electrons. The van der Waals surface area contributed by atoms with Gasteiger partial charge in [-0.2, -0.15) is 0 Å². The molecular formula is C92H88BN3. The van der Waals surface area contributed by atoms with Gasteiger partial charge >= 0.3 is 0 Å². The molecule has 0 aliphatic carbocycles. The van der Waals surface area contributed by atoms with Gasteiger partial charge < -0.3 is 14.4 Å². The van der Waals surface area contributed by atoms with E-state index in [-0.39, 0.29) is 67.6 Å². The molecule has 0 bridgehead atoms. The molecule has 0 fully saturated rings. The van der Waals surface area contributed by atoms with Gasteiger partial charge in [-0.05, 0) is 147 Å². The van der Waals surface area contributed by atoms with E-state index in [4.69, 9.17) is 2.74 Å². The number of aromatic nitrogens is 1. The second-order valence-corrected chi connectivity index (χ2v) is 31.7. The van der Waals surface area contributed by atoms with E-state index in [0.29, 0.717) is 5.69 Å². The van der Waals surface area contributed by atoms with Crippen molar-refractivity contribution in [1.29, 1.82) is 0 Å². The second-order valence-electron chi connectivity index (χ2n) is 31.7. The number of fused-ring (bicyclic) bond motifs is 7. The molecule has 96 heavy (non-hydrogen) atoms. The van der Waals surface area contributed by atoms with E-state index in [2.05, 4.69) is 320 Å². The van der Waals surface area contributed by atoms with E-state index in [0.717, 1.165) is 112 Å². The Morgan fingerprint density at radius 2 is 0.667 bits per heavy atom. The average Bonchev–Trinajstić information content (AvgIpc) is 0.892. The molecule has 1 aromatic heterocycles. The van der Waals surface area contributed by atoms with Crippen LogP contribution in [0.4, 0.5) is 34.1 Å². The lowest BCUT2D eigenvalue weighted by Crippen LogP contribution is -2.61. The third kappa shape index (κ3) is 10.8. The zero-order valence-corrected chi connectivity index (χ0v) is 58.1. The van der Waals surface area contributed by atoms with Gasteiger partial charge in [-0.15, -0.1) is 0 Å². The second kappa shape index (κ2) is 22.9. The molecule has 3 heterocycles. The van der Waals surface area contributed by atoms with Crippen LogP contribution in [-0.2, 0) is 27.1 Å². The Morgan fingerprint density at radius 1 is 0.292 bits per heavy atom. The van der Waals surface area contributed by atoms with Crippen LogP contribution >= 0.6 is 0 Å². The summed E-state index contributed by atoms with van der Waals surface area (Å²) in [7, 11) is 0. The molecule has 4 heteroatoms. The summed E-state index contributed by atoms with van der Waals surface area (Å²) in [5, 5.41) is 0.0409. The predicted octanol–water partition coefficient (Wildman–Crippen LogP) is 23.7. The highest BCUT2D eigenvalue weighted by Gasteiger charge is 2.46. The minimum atomic E-state index is -0.491. The monoisotopic (exact) mass is 1250 g/mol. The number of hydrogen-bond donors (Lipinski definition) is 0. The van der Waals surface area contributed by atoms with Gasteiger partial charge in [0.05, 0.1) is 33.4 Å². The fourth-order valence-electron chi connectivity index (χ4n) is 14.6. The molecule has 0 saturated carbocycles. The van der Waals surface area contributed by atoms with Crippen LogP contribution < -0.4 is 26.2 Å². The van der Waals surface area contributed by atoms with Crippen molar-refractivity contribution in [3.8, 4) is 61.3 Å². The average molecular weight is 1250 g/mol. The molecule has 0 radical (unpaired) electrons. The molecule has 0 N–H and O–H groups in total. The first-order valence-corrected chi connectivity index (χ1v) is 33.9. The Kier molecular flexibility index (Phi) is 12.7. The largest absolute Gasteiger partial charge is 0.310 e. The maximum absolute atomic E-state index is 9.81. The summed E-state index contributed by atoms with van der Waals surface area (Å²) in [6.45, 7) is 33.4. The smallest absolute Gasteiger partial charge is 0.252 e. The number of benzene rings is 12. The molecule has 0 saturated heterocycles. The van der Waals surface area contributed by atoms with Crippen LogP contribution in [0.2, 0.25) is 0 Å². The standard InChI is InChI=1S/C92H88BN3/c1-88(2,3)65-44-35-60(36-45-65)71-29-23-30-72(61-37-46-66(47-38-61)89(4,5)6)86(71)95-81-54-43-64(59-25-17-16-18-26-59)55-78(81)93-77-53-52-70(94-79-33-21-19-27-75(79)76-28-20-22-34-80(76)94)58-82(77)96(84-57-69(92(13,14)15)56-83(95)85(84)93)87-73(62-39-48-67(49-40-62)90(7,8)9)31-24-32-74(87)63-41-50-68(51-42-63)91(10,11)12/h16-58H,1-15H3/i19D,20D,21D,22D,27D,28D,33D,34D. The van der Waals surface area contributed by atoms with Crippen molar-refractivity contribution in [3.63, 3.8) is 0 Å². The topological polar surface area (TPSA) is 11.4 Å². The molecule has 0 amide bonds. The fourth-order valence-corrected chi connectivity index (χ4v) is 14.6. The molecule has 2 aliphatic rings. The minimum Gasteiger partial charge on any atom is -0.310 e. The van der Waals surface area contributed by atoms with Crippen molar-refractivity contribution in [2.75, 3.05) is 9.80 Å². The molecule has 3 nitrogen and oxygen atoms in total. The van der Waals surface area contributed by atoms with Crippen molar-refractivity contribution in [1.82, 2.24) is 4.57 Å². The molecule has 12 aromatic carbocycles. The molecule has 0 spiro atoms. The molecule has 0 atom stereocenters. The van der Waals surface area contributed by atoms with Gasteiger partial charge in [-0.3, -0.25) is 0 Å². The van der Waals surface area contributed by atoms with E-state index < -0.39 is 36.3 Å². The SMILES string of the molecule is [2H]c1c([2H])c([2H])c2c(c1[2H])c1c([2H])c([2H])c([2H])c([2H])c1n2-c1ccc2c(c1)N(c1c(-c3ccc(C(C)(C)C)cc3)cccc1-c1ccc(C(C)(C)C)cc1)c1cc(C(C)(C)C)cc3c1B2c1cc(-c2ccccc2)ccc1N3c1c(-c2ccc(C(C)(C)C)cc2)cccc1-c1ccc(C(C)(C)C)cc1. The Morgan fingerprint density at radius 3 is 1.06 bits per heavy atom. The van der Waals surface area contributed by atoms with Gasteiger partial charge in [0.15, 0.2) is 0 Å². The highest BCUT2D eigenvalue weighted by Crippen LogP contribution is 2.55. The lowest BCUT2D eigenvalue weighted by atomic mass is 9.33. The summed E-state index contributed by atoms with van der Waals surface area (Å²) in [5.74, 6) is 0. The molecule has 2 aliphatic heterocycles. The highest BCUT2D eigenvalue weighted by atomic mass is 15.2. The summed E-state index contributed by atoms with van der Waals surface area (Å²) >= 11 is 0. The summed E-state index contributed by atoms with van der Waals surface area (Å²) in [4.78, 5) is 5.05. The predicted molar refractivity (Wildman–Crippen MR) is 415 cm³/mol. The van der Waals surface area contributed by atoms with Crippen molar-refractivity contribution >= 4 is 79.0 Å². The lowest BCUT2D eigenvalue weighted by molar-refractivity contribution is 0.590. The first-order valence-electron chi connectivity index (χ1n) is 37.9. The van der Waals surface area contributed by atoms with Crippen molar-refractivity contribution in [2.45, 2.75) is 131 Å². The van der Waals surface area contributed by atoms with E-state index in [9.17, 15) is 8.22 Å². The summed E-state index contributed by atoms with van der Waals surface area (Å²) in [6.07, 6.45) is 0. The summed E-state index contributed by atoms with van der Waals surface area (Å²) in [6, 6.07) is 75.0. The number of hydrogen-bond acceptors (Lipinski definition) is 2. The third-order valence-electron chi connectivity index (χ3n) is 20.1. The van der Waals surface area contributed by atoms with Crippen LogP contribution in [0.15, 0.2) is 261 Å². The lowest BCUT2D eigenvalue weighted by Gasteiger charge is -2.46. The maximum Gasteiger partial charge on any atom is 0.252 e. The highest BCUT2D eigenvalue weighted by molar-refractivity contribution is 7.00. The van der Waals surface area contributed by atoms with Crippen LogP contribution in [-0.4, -0.2) is 11.3 Å². The van der Waals surface area contributed by atoms with Gasteiger partial charge in [0, 0.05) is 61.5 Å². The van der Waals surface area contributed by atoms with Crippen molar-refractivity contribution in [3.05, 3.63) is 288 Å². The van der Waals surface area contributed by atoms with E-state index in [1.807, 2.05) is 6.07 Å². The van der Waals surface area contributed by atoms with Gasteiger partial charge in [0.25, 0.3) is 6.71 Å². The van der Waals surface area contributed by atoms with Gasteiger partial charge in [0.2, 0.25) is 0 Å². The summed E-state index contributed by atoms with van der Waals surface area (Å²) in [5.41, 5.74) is 24.8. The van der Waals surface area contributed by atoms with E-state index >= 15 is 0 Å². The van der Waals surface area contributed by atoms with Crippen molar-refractivity contribution < 1.29 is 11.0 Å². The first kappa shape index (κ1) is 53.4. The third-order valence-corrected chi connectivity index (χ3v) is 20.1. The van der Waals surface area contributed by atoms with Gasteiger partial charge in [-0.25, -0.2) is 0 Å². The zero-order valence-electron chi connectivity index (χ0n) is 66.1. The number of anilines is 6. The fraction of sp³-hybridized carbons (Fsp3) is 0.217. The normalized spacial score (nSPS) is 14.5. The van der Waals surface area contributed by atoms with Crippen molar-refractivity contribution in [2.24, 2.45) is 0 Å². The Balaban J connectivity index is 1.14. The Bertz CT molecular complexity index is 5420. The Labute approximate surface area is 582 Å². The quantitative estimate of drug-likeness (QED) is 0.141. The van der Waals surface area contributed by atoms with Crippen LogP contribution in [0.1, 0.15) is 143 Å². The van der Waals surface area contributed by atoms with Crippen LogP contribution in [0.3, 0.4) is 0 Å². The molecule has 15 rings (SSSR count). The molecular weight excluding hydrogens is 1160 g/mol. The van der Waals surface area contributed by atoms with E-state index in [1.54, 1.807) is 4.57 Å². The number of rotatable bonds is 8. The minimum absolute atomic E-state index is 0.0205. The molecule has 13 aromatic rings. The van der Waals surface area contributed by atoms with E-state index in [1.165, 1.54) is 22.3 Å².